The fraction of sp³-hybridized carbons (Fsp3) is 0.675. The van der Waals surface area contributed by atoms with E-state index in [0.29, 0.717) is 19.3 Å². The van der Waals surface area contributed by atoms with Gasteiger partial charge in [0.2, 0.25) is 0 Å². The van der Waals surface area contributed by atoms with Gasteiger partial charge in [-0.1, -0.05) is 308 Å². The zero-order valence-corrected chi connectivity index (χ0v) is 64.8. The molecule has 0 fully saturated rings. The van der Waals surface area contributed by atoms with Crippen LogP contribution in [0.4, 0.5) is 0 Å². The van der Waals surface area contributed by atoms with Crippen LogP contribution in [0.5, 0.6) is 0 Å². The number of aliphatic hydroxyl groups is 2. The van der Waals surface area contributed by atoms with Gasteiger partial charge in [-0.15, -0.1) is 0 Å². The maximum atomic E-state index is 13.0. The molecule has 0 aliphatic rings. The number of hydrogen-bond donors (Lipinski definition) is 4. The predicted molar refractivity (Wildman–Crippen MR) is 417 cm³/mol. The number of unbranched alkanes of at least 4 members (excludes halogenated alkanes) is 26. The Balaban J connectivity index is 4.62. The predicted octanol–water partition coefficient (Wildman–Crippen LogP) is 22.9. The van der Waals surface area contributed by atoms with Crippen molar-refractivity contribution in [3.63, 3.8) is 0 Å². The van der Waals surface area contributed by atoms with Crippen molar-refractivity contribution in [2.45, 2.75) is 322 Å². The average molecular weight is 1460 g/mol. The number of rotatable bonds is 73. The fourth-order valence-corrected chi connectivity index (χ4v) is 11.8. The summed E-state index contributed by atoms with van der Waals surface area (Å²) < 4.78 is 61.1. The number of phosphoric ester groups is 2. The third kappa shape index (κ3) is 76.4. The molecular weight excluding hydrogens is 1310 g/mol. The first-order chi connectivity index (χ1) is 49.2. The first-order valence-corrected chi connectivity index (χ1v) is 42.1. The minimum atomic E-state index is -4.94. The lowest BCUT2D eigenvalue weighted by atomic mass is 10.0. The van der Waals surface area contributed by atoms with E-state index in [0.717, 1.165) is 161 Å². The molecule has 18 heteroatoms. The molecular formula is C83H140O16P2. The number of carbonyl (C=O) groups is 3. The zero-order chi connectivity index (χ0) is 73.7. The van der Waals surface area contributed by atoms with Crippen LogP contribution < -0.4 is 0 Å². The summed E-state index contributed by atoms with van der Waals surface area (Å²) in [5.74, 6) is -1.61. The van der Waals surface area contributed by atoms with Gasteiger partial charge in [0.25, 0.3) is 0 Å². The van der Waals surface area contributed by atoms with Gasteiger partial charge in [0.05, 0.1) is 26.4 Å². The first kappa shape index (κ1) is 96.4. The summed E-state index contributed by atoms with van der Waals surface area (Å²) in [5.41, 5.74) is 0. The van der Waals surface area contributed by atoms with E-state index in [9.17, 15) is 43.5 Å². The van der Waals surface area contributed by atoms with E-state index in [1.165, 1.54) is 83.5 Å². The van der Waals surface area contributed by atoms with E-state index in [4.69, 9.17) is 32.3 Å². The minimum absolute atomic E-state index is 0.0982. The molecule has 0 rings (SSSR count). The Morgan fingerprint density at radius 2 is 0.525 bits per heavy atom. The average Bonchev–Trinajstić information content (AvgIpc) is 0.951. The second-order valence-corrected chi connectivity index (χ2v) is 28.7. The number of hydrogen-bond acceptors (Lipinski definition) is 14. The molecule has 578 valence electrons. The van der Waals surface area contributed by atoms with Gasteiger partial charge < -0.3 is 34.2 Å². The molecule has 0 radical (unpaired) electrons. The molecule has 0 saturated heterocycles. The Kier molecular flexibility index (Phi) is 71.7. The number of phosphoric acid groups is 2. The Morgan fingerprint density at radius 3 is 0.832 bits per heavy atom. The number of allylic oxidation sites excluding steroid dienone is 24. The molecule has 0 heterocycles. The van der Waals surface area contributed by atoms with Crippen LogP contribution >= 0.6 is 15.6 Å². The van der Waals surface area contributed by atoms with Gasteiger partial charge in [0.15, 0.2) is 6.10 Å². The summed E-state index contributed by atoms with van der Waals surface area (Å²) in [4.78, 5) is 58.6. The Bertz CT molecular complexity index is 2420. The van der Waals surface area contributed by atoms with Gasteiger partial charge in [-0.2, -0.15) is 0 Å². The molecule has 0 aromatic rings. The summed E-state index contributed by atoms with van der Waals surface area (Å²) in [6.45, 7) is 2.42. The van der Waals surface area contributed by atoms with Crippen molar-refractivity contribution in [1.29, 1.82) is 0 Å². The Labute approximate surface area is 613 Å². The highest BCUT2D eigenvalue weighted by Crippen LogP contribution is 2.45. The molecule has 5 atom stereocenters. The molecule has 0 aromatic heterocycles. The van der Waals surface area contributed by atoms with E-state index in [2.05, 4.69) is 167 Å². The highest BCUT2D eigenvalue weighted by Gasteiger charge is 2.29. The second kappa shape index (κ2) is 75.1. The molecule has 0 amide bonds. The smallest absolute Gasteiger partial charge is 0.463 e. The van der Waals surface area contributed by atoms with Crippen molar-refractivity contribution < 1.29 is 75.8 Å². The van der Waals surface area contributed by atoms with Gasteiger partial charge in [-0.3, -0.25) is 32.5 Å². The quantitative estimate of drug-likeness (QED) is 0.0146. The molecule has 0 saturated carbocycles. The number of aliphatic hydroxyl groups excluding tert-OH is 2. The van der Waals surface area contributed by atoms with Crippen LogP contribution in [-0.2, 0) is 55.8 Å². The fourth-order valence-electron chi connectivity index (χ4n) is 10.2. The van der Waals surface area contributed by atoms with E-state index < -0.39 is 91.5 Å². The van der Waals surface area contributed by atoms with Crippen LogP contribution in [0.15, 0.2) is 146 Å². The zero-order valence-electron chi connectivity index (χ0n) is 63.0. The van der Waals surface area contributed by atoms with Gasteiger partial charge >= 0.3 is 33.6 Å². The van der Waals surface area contributed by atoms with Crippen LogP contribution in [0.2, 0.25) is 0 Å². The van der Waals surface area contributed by atoms with Crippen molar-refractivity contribution in [3.05, 3.63) is 146 Å². The first-order valence-electron chi connectivity index (χ1n) is 39.1. The third-order valence-corrected chi connectivity index (χ3v) is 18.0. The second-order valence-electron chi connectivity index (χ2n) is 25.8. The van der Waals surface area contributed by atoms with Crippen molar-refractivity contribution >= 4 is 33.6 Å². The van der Waals surface area contributed by atoms with Gasteiger partial charge in [-0.05, 0) is 122 Å². The van der Waals surface area contributed by atoms with E-state index >= 15 is 0 Å². The standard InChI is InChI=1S/C83H140O16P2/c1-4-7-10-13-16-19-22-25-28-30-32-34-36-37-38-39-41-43-44-46-49-51-54-57-60-63-66-69-81(86)93-72-78(84)73-95-100(89,90)96-74-79(85)75-97-101(91,92)98-77-80(99-83(88)71-68-65-62-59-56-53-48-27-24-21-18-15-12-9-6-3)76-94-82(87)70-67-64-61-58-55-52-50-47-45-42-40-35-33-31-29-26-23-20-17-14-11-8-5-2/h7-8,10-11,16-17,19-20,25-26,28-29,32-35,37-38,41-43,45,50,52,78-80,84-85H,4-6,9,12-15,18,21-24,27,30-31,36,39-40,44,46-49,51,53-77H2,1-3H3,(H,89,90)(H,91,92)/b10-7-,11-8-,19-16-,20-17-,28-25-,29-26-,34-32-,35-33-,38-37-,43-41-,45-42-,52-50-. The normalized spacial score (nSPS) is 14.8. The van der Waals surface area contributed by atoms with Gasteiger partial charge in [-0.25, -0.2) is 9.13 Å². The largest absolute Gasteiger partial charge is 0.472 e. The molecule has 101 heavy (non-hydrogen) atoms. The summed E-state index contributed by atoms with van der Waals surface area (Å²) in [6.07, 6.45) is 91.7. The van der Waals surface area contributed by atoms with E-state index in [-0.39, 0.29) is 19.3 Å². The third-order valence-electron chi connectivity index (χ3n) is 16.1. The molecule has 5 unspecified atom stereocenters. The van der Waals surface area contributed by atoms with Crippen LogP contribution in [0, 0.1) is 0 Å². The summed E-state index contributed by atoms with van der Waals surface area (Å²) >= 11 is 0. The Hall–Kier alpha value is -4.57. The monoisotopic (exact) mass is 1450 g/mol. The van der Waals surface area contributed by atoms with Crippen LogP contribution in [-0.4, -0.2) is 95.9 Å². The lowest BCUT2D eigenvalue weighted by Crippen LogP contribution is -2.30. The van der Waals surface area contributed by atoms with Crippen molar-refractivity contribution in [3.8, 4) is 0 Å². The molecule has 0 aliphatic heterocycles. The summed E-state index contributed by atoms with van der Waals surface area (Å²) in [5, 5.41) is 20.6. The van der Waals surface area contributed by atoms with E-state index in [1.807, 2.05) is 0 Å². The van der Waals surface area contributed by atoms with Crippen molar-refractivity contribution in [1.82, 2.24) is 0 Å². The minimum Gasteiger partial charge on any atom is -0.463 e. The van der Waals surface area contributed by atoms with Crippen LogP contribution in [0.3, 0.4) is 0 Å². The topological polar surface area (TPSA) is 231 Å². The lowest BCUT2D eigenvalue weighted by Gasteiger charge is -2.21. The lowest BCUT2D eigenvalue weighted by molar-refractivity contribution is -0.161. The van der Waals surface area contributed by atoms with E-state index in [1.54, 1.807) is 0 Å². The maximum absolute atomic E-state index is 13.0. The Morgan fingerprint density at radius 1 is 0.287 bits per heavy atom. The molecule has 0 bridgehead atoms. The van der Waals surface area contributed by atoms with Crippen molar-refractivity contribution in [2.75, 3.05) is 39.6 Å². The summed E-state index contributed by atoms with van der Waals surface area (Å²) in [6, 6.07) is 0. The number of esters is 3. The van der Waals surface area contributed by atoms with Gasteiger partial charge in [0.1, 0.15) is 25.4 Å². The molecule has 16 nitrogen and oxygen atoms in total. The van der Waals surface area contributed by atoms with Crippen LogP contribution in [0.1, 0.15) is 303 Å². The van der Waals surface area contributed by atoms with Crippen molar-refractivity contribution in [2.24, 2.45) is 0 Å². The maximum Gasteiger partial charge on any atom is 0.472 e. The van der Waals surface area contributed by atoms with Crippen LogP contribution in [0.25, 0.3) is 0 Å². The molecule has 0 spiro atoms. The highest BCUT2D eigenvalue weighted by atomic mass is 31.2. The summed E-state index contributed by atoms with van der Waals surface area (Å²) in [7, 11) is -9.80. The molecule has 0 aliphatic carbocycles. The number of ether oxygens (including phenoxy) is 3. The van der Waals surface area contributed by atoms with Gasteiger partial charge in [0, 0.05) is 19.3 Å². The molecule has 4 N–H and O–H groups in total. The molecule has 0 aromatic carbocycles. The SMILES string of the molecule is CC/C=C\C/C=C\C/C=C\C/C=C\C/C=C\C/C=C\CCCCCCCCCCC(=O)OCC(O)COP(=O)(O)OCC(O)COP(=O)(O)OCC(COC(=O)CCCCCC/C=C\C/C=C\C/C=C\C/C=C\C/C=C\C/C=C\CC)OC(=O)CCCCCCCCCCCCCCCCC. The highest BCUT2D eigenvalue weighted by molar-refractivity contribution is 7.47. The number of carbonyl (C=O) groups excluding carboxylic acids is 3.